The van der Waals surface area contributed by atoms with Crippen LogP contribution in [-0.2, 0) is 14.3 Å². The molecule has 0 aromatic carbocycles. The van der Waals surface area contributed by atoms with Crippen molar-refractivity contribution in [2.45, 2.75) is 78.1 Å². The largest absolute Gasteiger partial charge is 0.393 e. The van der Waals surface area contributed by atoms with E-state index in [1.54, 1.807) is 0 Å². The van der Waals surface area contributed by atoms with Crippen LogP contribution < -0.4 is 0 Å². The maximum absolute atomic E-state index is 12.2. The number of ether oxygens (including phenoxy) is 1. The van der Waals surface area contributed by atoms with Crippen LogP contribution in [0.3, 0.4) is 0 Å². The van der Waals surface area contributed by atoms with Gasteiger partial charge in [0.1, 0.15) is 0 Å². The fourth-order valence-corrected chi connectivity index (χ4v) is 2.60. The van der Waals surface area contributed by atoms with Crippen LogP contribution in [0.5, 0.6) is 0 Å². The predicted molar refractivity (Wildman–Crippen MR) is 96.0 cm³/mol. The number of carbonyl (C=O) groups is 2. The SMILES string of the molecule is C=CCCCCC(CC)C(=O)OC(=O)C(CC)CCCCC=C. The fraction of sp³-hybridized carbons (Fsp3) is 0.700. The highest BCUT2D eigenvalue weighted by Crippen LogP contribution is 2.19. The van der Waals surface area contributed by atoms with Gasteiger partial charge in [0.25, 0.3) is 0 Å². The second-order valence-corrected chi connectivity index (χ2v) is 6.10. The normalized spacial score (nSPS) is 13.1. The molecule has 0 aromatic heterocycles. The Hall–Kier alpha value is -1.38. The van der Waals surface area contributed by atoms with E-state index in [1.807, 2.05) is 26.0 Å². The molecule has 0 N–H and O–H groups in total. The Balaban J connectivity index is 4.26. The van der Waals surface area contributed by atoms with Crippen LogP contribution in [0.1, 0.15) is 78.1 Å². The minimum absolute atomic E-state index is 0.165. The van der Waals surface area contributed by atoms with E-state index in [9.17, 15) is 9.59 Å². The van der Waals surface area contributed by atoms with Crippen LogP contribution in [0.15, 0.2) is 25.3 Å². The summed E-state index contributed by atoms with van der Waals surface area (Å²) in [6, 6.07) is 0. The molecule has 0 fully saturated rings. The molecule has 0 aromatic rings. The lowest BCUT2D eigenvalue weighted by Gasteiger charge is -2.16. The first kappa shape index (κ1) is 21.6. The van der Waals surface area contributed by atoms with Gasteiger partial charge in [-0.1, -0.05) is 38.8 Å². The molecular weight excluding hydrogens is 288 g/mol. The van der Waals surface area contributed by atoms with E-state index in [1.165, 1.54) is 0 Å². The monoisotopic (exact) mass is 322 g/mol. The van der Waals surface area contributed by atoms with Crippen LogP contribution in [0.4, 0.5) is 0 Å². The van der Waals surface area contributed by atoms with E-state index >= 15 is 0 Å². The highest BCUT2D eigenvalue weighted by molar-refractivity contribution is 5.87. The van der Waals surface area contributed by atoms with Crippen LogP contribution in [0.25, 0.3) is 0 Å². The topological polar surface area (TPSA) is 43.4 Å². The minimum Gasteiger partial charge on any atom is -0.393 e. The van der Waals surface area contributed by atoms with E-state index in [2.05, 4.69) is 13.2 Å². The third-order valence-electron chi connectivity index (χ3n) is 4.28. The first-order valence-electron chi connectivity index (χ1n) is 9.07. The number of carbonyl (C=O) groups excluding carboxylic acids is 2. The minimum atomic E-state index is -0.347. The fourth-order valence-electron chi connectivity index (χ4n) is 2.60. The van der Waals surface area contributed by atoms with Crippen molar-refractivity contribution in [1.82, 2.24) is 0 Å². The molecule has 0 bridgehead atoms. The molecule has 0 aliphatic carbocycles. The summed E-state index contributed by atoms with van der Waals surface area (Å²) in [7, 11) is 0. The average Bonchev–Trinajstić information content (AvgIpc) is 2.54. The summed E-state index contributed by atoms with van der Waals surface area (Å²) in [5.41, 5.74) is 0. The highest BCUT2D eigenvalue weighted by atomic mass is 16.6. The molecule has 0 spiro atoms. The number of allylic oxidation sites excluding steroid dienone is 2. The van der Waals surface area contributed by atoms with Crippen LogP contribution in [0, 0.1) is 11.8 Å². The summed E-state index contributed by atoms with van der Waals surface area (Å²) >= 11 is 0. The molecule has 0 radical (unpaired) electrons. The molecule has 3 heteroatoms. The Kier molecular flexibility index (Phi) is 13.4. The van der Waals surface area contributed by atoms with Crippen molar-refractivity contribution in [1.29, 1.82) is 0 Å². The molecular formula is C20H34O3. The van der Waals surface area contributed by atoms with Gasteiger partial charge in [-0.2, -0.15) is 0 Å². The molecule has 132 valence electrons. The maximum Gasteiger partial charge on any atom is 0.316 e. The van der Waals surface area contributed by atoms with Crippen molar-refractivity contribution in [2.24, 2.45) is 11.8 Å². The lowest BCUT2D eigenvalue weighted by atomic mass is 9.97. The van der Waals surface area contributed by atoms with E-state index in [0.29, 0.717) is 0 Å². The number of rotatable bonds is 14. The summed E-state index contributed by atoms with van der Waals surface area (Å²) in [4.78, 5) is 24.3. The summed E-state index contributed by atoms with van der Waals surface area (Å²) in [5.74, 6) is -1.02. The number of esters is 2. The number of hydrogen-bond donors (Lipinski definition) is 0. The van der Waals surface area contributed by atoms with Crippen molar-refractivity contribution < 1.29 is 14.3 Å². The van der Waals surface area contributed by atoms with E-state index < -0.39 is 0 Å². The second-order valence-electron chi connectivity index (χ2n) is 6.10. The van der Waals surface area contributed by atoms with Gasteiger partial charge in [0.2, 0.25) is 0 Å². The standard InChI is InChI=1S/C20H34O3/c1-5-9-11-13-15-17(7-3)19(21)23-20(22)18(8-4)16-14-12-10-6-2/h5-6,17-18H,1-2,7-16H2,3-4H3. The van der Waals surface area contributed by atoms with Gasteiger partial charge in [-0.25, -0.2) is 0 Å². The van der Waals surface area contributed by atoms with Crippen LogP contribution >= 0.6 is 0 Å². The highest BCUT2D eigenvalue weighted by Gasteiger charge is 2.25. The van der Waals surface area contributed by atoms with Gasteiger partial charge in [-0.05, 0) is 51.4 Å². The maximum atomic E-state index is 12.2. The zero-order valence-electron chi connectivity index (χ0n) is 15.0. The quantitative estimate of drug-likeness (QED) is 0.181. The van der Waals surface area contributed by atoms with Crippen molar-refractivity contribution >= 4 is 11.9 Å². The third-order valence-corrected chi connectivity index (χ3v) is 4.28. The first-order valence-corrected chi connectivity index (χ1v) is 9.07. The van der Waals surface area contributed by atoms with Crippen LogP contribution in [0.2, 0.25) is 0 Å². The lowest BCUT2D eigenvalue weighted by molar-refractivity contribution is -0.166. The van der Waals surface area contributed by atoms with Gasteiger partial charge >= 0.3 is 11.9 Å². The van der Waals surface area contributed by atoms with Gasteiger partial charge in [0, 0.05) is 0 Å². The molecule has 0 saturated heterocycles. The Morgan fingerprint density at radius 3 is 1.52 bits per heavy atom. The summed E-state index contributed by atoms with van der Waals surface area (Å²) in [6.07, 6.45) is 12.7. The average molecular weight is 322 g/mol. The van der Waals surface area contributed by atoms with Gasteiger partial charge in [0.05, 0.1) is 11.8 Å². The molecule has 0 aliphatic rings. The second kappa shape index (κ2) is 14.2. The van der Waals surface area contributed by atoms with Crippen molar-refractivity contribution in [3.8, 4) is 0 Å². The van der Waals surface area contributed by atoms with Gasteiger partial charge in [-0.15, -0.1) is 13.2 Å². The third kappa shape index (κ3) is 10.1. The predicted octanol–water partition coefficient (Wildman–Crippen LogP) is 5.60. The summed E-state index contributed by atoms with van der Waals surface area (Å²) in [6.45, 7) is 11.3. The van der Waals surface area contributed by atoms with Gasteiger partial charge in [-0.3, -0.25) is 9.59 Å². The lowest BCUT2D eigenvalue weighted by Crippen LogP contribution is -2.25. The molecule has 0 aliphatic heterocycles. The van der Waals surface area contributed by atoms with Crippen LogP contribution in [-0.4, -0.2) is 11.9 Å². The molecule has 0 rings (SSSR count). The first-order chi connectivity index (χ1) is 11.1. The Morgan fingerprint density at radius 2 is 1.22 bits per heavy atom. The smallest absolute Gasteiger partial charge is 0.316 e. The van der Waals surface area contributed by atoms with E-state index in [0.717, 1.165) is 64.2 Å². The van der Waals surface area contributed by atoms with Crippen molar-refractivity contribution in [3.63, 3.8) is 0 Å². The zero-order valence-corrected chi connectivity index (χ0v) is 15.0. The molecule has 2 unspecified atom stereocenters. The van der Waals surface area contributed by atoms with Crippen molar-refractivity contribution in [2.75, 3.05) is 0 Å². The molecule has 23 heavy (non-hydrogen) atoms. The number of hydrogen-bond acceptors (Lipinski definition) is 3. The summed E-state index contributed by atoms with van der Waals surface area (Å²) in [5, 5.41) is 0. The number of unbranched alkanes of at least 4 members (excludes halogenated alkanes) is 4. The van der Waals surface area contributed by atoms with Gasteiger partial charge < -0.3 is 4.74 Å². The van der Waals surface area contributed by atoms with E-state index in [-0.39, 0.29) is 23.8 Å². The molecule has 0 saturated carbocycles. The molecule has 2 atom stereocenters. The van der Waals surface area contributed by atoms with Crippen molar-refractivity contribution in [3.05, 3.63) is 25.3 Å². The molecule has 0 amide bonds. The Bertz CT molecular complexity index is 326. The summed E-state index contributed by atoms with van der Waals surface area (Å²) < 4.78 is 5.15. The Labute approximate surface area is 142 Å². The molecule has 0 heterocycles. The molecule has 3 nitrogen and oxygen atoms in total. The van der Waals surface area contributed by atoms with Gasteiger partial charge in [0.15, 0.2) is 0 Å². The van der Waals surface area contributed by atoms with E-state index in [4.69, 9.17) is 4.74 Å². The Morgan fingerprint density at radius 1 is 0.826 bits per heavy atom. The zero-order chi connectivity index (χ0) is 17.5.